The van der Waals surface area contributed by atoms with Gasteiger partial charge < -0.3 is 35.0 Å². The van der Waals surface area contributed by atoms with E-state index in [2.05, 4.69) is 0 Å². The maximum Gasteiger partial charge on any atom is 0.328 e. The van der Waals surface area contributed by atoms with Crippen LogP contribution < -0.4 is 4.74 Å². The lowest BCUT2D eigenvalue weighted by Crippen LogP contribution is -2.60. The van der Waals surface area contributed by atoms with E-state index < -0.39 is 59.2 Å². The van der Waals surface area contributed by atoms with Gasteiger partial charge in [0, 0.05) is 11.5 Å². The van der Waals surface area contributed by atoms with Crippen LogP contribution in [0, 0.1) is 6.92 Å². The minimum atomic E-state index is -4.55. The first-order valence-corrected chi connectivity index (χ1v) is 11.4. The van der Waals surface area contributed by atoms with Gasteiger partial charge >= 0.3 is 5.97 Å². The first kappa shape index (κ1) is 25.1. The molecule has 0 radical (unpaired) electrons. The van der Waals surface area contributed by atoms with Gasteiger partial charge in [0.15, 0.2) is 0 Å². The molecule has 1 fully saturated rings. The number of carboxylic acid groups (broad SMARTS) is 1. The second kappa shape index (κ2) is 9.73. The number of benzene rings is 2. The van der Waals surface area contributed by atoms with E-state index in [1.165, 1.54) is 6.07 Å². The van der Waals surface area contributed by atoms with Gasteiger partial charge in [0.2, 0.25) is 6.29 Å². The smallest absolute Gasteiger partial charge is 0.328 e. The second-order valence-corrected chi connectivity index (χ2v) is 9.11. The van der Waals surface area contributed by atoms with Gasteiger partial charge in [-0.25, -0.2) is 4.79 Å². The lowest BCUT2D eigenvalue weighted by atomic mass is 9.93. The van der Waals surface area contributed by atoms with Crippen LogP contribution in [0.5, 0.6) is 5.75 Å². The van der Waals surface area contributed by atoms with Crippen LogP contribution in [0.1, 0.15) is 11.1 Å². The Balaban J connectivity index is 2.11. The number of rotatable bonds is 7. The number of carbonyl (C=O) groups is 1. The number of carboxylic acids is 1. The Bertz CT molecular complexity index is 1170. The largest absolute Gasteiger partial charge is 0.478 e. The highest BCUT2D eigenvalue weighted by Gasteiger charge is 2.44. The summed E-state index contributed by atoms with van der Waals surface area (Å²) >= 11 is 0. The highest BCUT2D eigenvalue weighted by atomic mass is 32.2. The molecule has 1 aliphatic rings. The molecule has 5 atom stereocenters. The number of hydrogen-bond donors (Lipinski definition) is 6. The molecule has 2 aromatic carbocycles. The fourth-order valence-electron chi connectivity index (χ4n) is 3.82. The molecule has 1 saturated heterocycles. The maximum atomic E-state index is 11.5. The molecule has 6 N–H and O–H groups in total. The Morgan fingerprint density at radius 1 is 1.12 bits per heavy atom. The monoisotopic (exact) mass is 484 g/mol. The van der Waals surface area contributed by atoms with Gasteiger partial charge in [0.25, 0.3) is 10.1 Å². The highest BCUT2D eigenvalue weighted by Crippen LogP contribution is 2.37. The summed E-state index contributed by atoms with van der Waals surface area (Å²) in [5.74, 6) is -2.19. The summed E-state index contributed by atoms with van der Waals surface area (Å²) < 4.78 is 43.5. The van der Waals surface area contributed by atoms with E-state index in [-0.39, 0.29) is 16.9 Å². The third-order valence-corrected chi connectivity index (χ3v) is 5.93. The molecule has 3 rings (SSSR count). The first-order valence-electron chi connectivity index (χ1n) is 9.81. The average molecular weight is 484 g/mol. The van der Waals surface area contributed by atoms with E-state index in [0.717, 1.165) is 0 Å². The normalized spacial score (nSPS) is 26.4. The van der Waals surface area contributed by atoms with Crippen molar-refractivity contribution in [1.29, 1.82) is 0 Å². The molecule has 12 heteroatoms. The van der Waals surface area contributed by atoms with Crippen molar-refractivity contribution < 1.29 is 52.8 Å². The Morgan fingerprint density at radius 3 is 2.33 bits per heavy atom. The summed E-state index contributed by atoms with van der Waals surface area (Å²) in [7, 11) is -4.55. The molecule has 1 heterocycles. The Labute approximate surface area is 188 Å². The van der Waals surface area contributed by atoms with E-state index in [0.29, 0.717) is 22.4 Å². The Kier molecular flexibility index (Phi) is 7.39. The molecule has 0 amide bonds. The summed E-state index contributed by atoms with van der Waals surface area (Å²) in [5.41, 5.74) is 0.495. The van der Waals surface area contributed by atoms with E-state index in [1.807, 2.05) is 0 Å². The van der Waals surface area contributed by atoms with Crippen LogP contribution in [0.25, 0.3) is 16.3 Å². The van der Waals surface area contributed by atoms with E-state index in [1.54, 1.807) is 31.2 Å². The Morgan fingerprint density at radius 2 is 1.76 bits per heavy atom. The fraction of sp³-hybridized carbons (Fsp3) is 0.381. The van der Waals surface area contributed by atoms with Gasteiger partial charge in [0.1, 0.15) is 35.9 Å². The third kappa shape index (κ3) is 5.50. The SMILES string of the molecule is Cc1cc(O[C@@H]2OC(CO)[C@@H](O)C(O)[C@@H]2O)c2ccccc2c1/C(=C\C(=O)O)CS(=O)(=O)O. The number of aliphatic carboxylic acids is 1. The minimum Gasteiger partial charge on any atom is -0.478 e. The lowest BCUT2D eigenvalue weighted by Gasteiger charge is -2.39. The molecule has 1 aliphatic heterocycles. The quantitative estimate of drug-likeness (QED) is 0.223. The molecule has 0 aliphatic carbocycles. The van der Waals surface area contributed by atoms with Crippen molar-refractivity contribution in [1.82, 2.24) is 0 Å². The van der Waals surface area contributed by atoms with Gasteiger partial charge in [0.05, 0.1) is 6.61 Å². The van der Waals surface area contributed by atoms with Crippen LogP contribution in [-0.4, -0.2) is 87.5 Å². The first-order chi connectivity index (χ1) is 15.4. The number of aliphatic hydroxyl groups excluding tert-OH is 4. The van der Waals surface area contributed by atoms with Crippen LogP contribution in [-0.2, 0) is 19.6 Å². The van der Waals surface area contributed by atoms with Gasteiger partial charge in [-0.15, -0.1) is 0 Å². The van der Waals surface area contributed by atoms with Gasteiger partial charge in [-0.1, -0.05) is 24.3 Å². The summed E-state index contributed by atoms with van der Waals surface area (Å²) in [6.07, 6.45) is -6.80. The Hall–Kier alpha value is -2.58. The number of fused-ring (bicyclic) bond motifs is 1. The molecule has 0 spiro atoms. The van der Waals surface area contributed by atoms with E-state index in [4.69, 9.17) is 9.47 Å². The maximum absolute atomic E-state index is 11.5. The third-order valence-electron chi connectivity index (χ3n) is 5.25. The molecule has 0 aromatic heterocycles. The molecule has 11 nitrogen and oxygen atoms in total. The standard InChI is InChI=1S/C21H24O11S/c1-10-6-14(31-21-20(27)19(26)18(25)15(8-22)32-21)12-4-2-3-5-13(12)17(10)11(7-16(23)24)9-33(28,29)30/h2-7,15,18-22,25-27H,8-9H2,1H3,(H,23,24)(H,28,29,30)/b11-7-/t15?,18-,19?,20+,21-/m1/s1. The van der Waals surface area contributed by atoms with Gasteiger partial charge in [-0.05, 0) is 35.1 Å². The predicted octanol–water partition coefficient (Wildman–Crippen LogP) is -0.317. The summed E-state index contributed by atoms with van der Waals surface area (Å²) in [4.78, 5) is 11.3. The number of ether oxygens (including phenoxy) is 2. The zero-order valence-electron chi connectivity index (χ0n) is 17.4. The topological polar surface area (TPSA) is 191 Å². The lowest BCUT2D eigenvalue weighted by molar-refractivity contribution is -0.277. The van der Waals surface area contributed by atoms with Crippen LogP contribution in [0.4, 0.5) is 0 Å². The predicted molar refractivity (Wildman–Crippen MR) is 115 cm³/mol. The minimum absolute atomic E-state index is 0.151. The van der Waals surface area contributed by atoms with Crippen molar-refractivity contribution in [3.05, 3.63) is 47.5 Å². The molecular formula is C21H24O11S. The van der Waals surface area contributed by atoms with Crippen LogP contribution >= 0.6 is 0 Å². The van der Waals surface area contributed by atoms with Crippen molar-refractivity contribution in [3.8, 4) is 5.75 Å². The van der Waals surface area contributed by atoms with Crippen LogP contribution in [0.3, 0.4) is 0 Å². The van der Waals surface area contributed by atoms with Crippen LogP contribution in [0.2, 0.25) is 0 Å². The van der Waals surface area contributed by atoms with Crippen molar-refractivity contribution in [2.24, 2.45) is 0 Å². The van der Waals surface area contributed by atoms with Crippen molar-refractivity contribution in [2.45, 2.75) is 37.6 Å². The summed E-state index contributed by atoms with van der Waals surface area (Å²) in [6.45, 7) is 0.935. The molecule has 2 aromatic rings. The second-order valence-electron chi connectivity index (χ2n) is 7.66. The van der Waals surface area contributed by atoms with Gasteiger partial charge in [-0.3, -0.25) is 4.55 Å². The molecule has 0 saturated carbocycles. The highest BCUT2D eigenvalue weighted by molar-refractivity contribution is 7.86. The van der Waals surface area contributed by atoms with E-state index >= 15 is 0 Å². The number of hydrogen-bond acceptors (Lipinski definition) is 9. The molecule has 0 bridgehead atoms. The zero-order chi connectivity index (χ0) is 24.5. The number of aryl methyl sites for hydroxylation is 1. The number of aliphatic hydroxyl groups is 4. The molecule has 180 valence electrons. The fourth-order valence-corrected chi connectivity index (χ4v) is 4.44. The van der Waals surface area contributed by atoms with Crippen molar-refractivity contribution in [3.63, 3.8) is 0 Å². The van der Waals surface area contributed by atoms with Crippen LogP contribution in [0.15, 0.2) is 36.4 Å². The average Bonchev–Trinajstić information content (AvgIpc) is 2.72. The molecule has 2 unspecified atom stereocenters. The van der Waals surface area contributed by atoms with Gasteiger partial charge in [-0.2, -0.15) is 8.42 Å². The van der Waals surface area contributed by atoms with Crippen molar-refractivity contribution in [2.75, 3.05) is 12.4 Å². The van der Waals surface area contributed by atoms with E-state index in [9.17, 15) is 43.3 Å². The summed E-state index contributed by atoms with van der Waals surface area (Å²) in [6, 6.07) is 7.93. The van der Waals surface area contributed by atoms with Crippen molar-refractivity contribution >= 4 is 32.4 Å². The summed E-state index contributed by atoms with van der Waals surface area (Å²) in [5, 5.41) is 49.6. The molecular weight excluding hydrogens is 460 g/mol. The zero-order valence-corrected chi connectivity index (χ0v) is 18.2. The molecule has 33 heavy (non-hydrogen) atoms.